The molecule has 1 heterocycles. The molecular formula is C22H23N3O4. The average molecular weight is 393 g/mol. The van der Waals surface area contributed by atoms with Crippen molar-refractivity contribution in [1.29, 1.82) is 0 Å². The smallest absolute Gasteiger partial charge is 0.312 e. The van der Waals surface area contributed by atoms with Gasteiger partial charge in [-0.1, -0.05) is 42.0 Å². The summed E-state index contributed by atoms with van der Waals surface area (Å²) in [7, 11) is 0. The van der Waals surface area contributed by atoms with Gasteiger partial charge in [0.1, 0.15) is 6.54 Å². The van der Waals surface area contributed by atoms with Crippen molar-refractivity contribution in [3.8, 4) is 0 Å². The Morgan fingerprint density at radius 1 is 0.966 bits per heavy atom. The van der Waals surface area contributed by atoms with E-state index in [4.69, 9.17) is 0 Å². The summed E-state index contributed by atoms with van der Waals surface area (Å²) in [6, 6.07) is 14.4. The lowest BCUT2D eigenvalue weighted by Crippen LogP contribution is -2.55. The Hall–Kier alpha value is -3.48. The van der Waals surface area contributed by atoms with E-state index < -0.39 is 17.7 Å². The first-order valence-electron chi connectivity index (χ1n) is 9.38. The molecule has 0 radical (unpaired) electrons. The molecule has 0 bridgehead atoms. The number of aryl methyl sites for hydroxylation is 1. The molecule has 3 rings (SSSR count). The van der Waals surface area contributed by atoms with Gasteiger partial charge in [-0.25, -0.2) is 0 Å². The van der Waals surface area contributed by atoms with Crippen LogP contribution in [-0.2, 0) is 20.9 Å². The van der Waals surface area contributed by atoms with Gasteiger partial charge in [0, 0.05) is 30.9 Å². The van der Waals surface area contributed by atoms with Gasteiger partial charge < -0.3 is 15.1 Å². The second-order valence-electron chi connectivity index (χ2n) is 7.13. The maximum absolute atomic E-state index is 12.4. The minimum Gasteiger partial charge on any atom is -0.328 e. The van der Waals surface area contributed by atoms with Gasteiger partial charge >= 0.3 is 11.8 Å². The Kier molecular flexibility index (Phi) is 6.07. The van der Waals surface area contributed by atoms with Crippen LogP contribution >= 0.6 is 0 Å². The van der Waals surface area contributed by atoms with Gasteiger partial charge in [0.05, 0.1) is 0 Å². The van der Waals surface area contributed by atoms with Gasteiger partial charge in [-0.15, -0.1) is 0 Å². The number of ketones is 1. The highest BCUT2D eigenvalue weighted by Crippen LogP contribution is 2.14. The molecule has 29 heavy (non-hydrogen) atoms. The predicted molar refractivity (Wildman–Crippen MR) is 108 cm³/mol. The lowest BCUT2D eigenvalue weighted by Gasteiger charge is -2.33. The fourth-order valence-corrected chi connectivity index (χ4v) is 3.24. The molecule has 3 amide bonds. The van der Waals surface area contributed by atoms with Crippen LogP contribution in [0.2, 0.25) is 0 Å². The second kappa shape index (κ2) is 8.68. The number of carbonyl (C=O) groups excluding carboxylic acids is 4. The van der Waals surface area contributed by atoms with E-state index in [2.05, 4.69) is 5.32 Å². The van der Waals surface area contributed by atoms with Crippen molar-refractivity contribution in [2.75, 3.05) is 25.0 Å². The average Bonchev–Trinajstić information content (AvgIpc) is 2.68. The van der Waals surface area contributed by atoms with Gasteiger partial charge in [0.2, 0.25) is 5.91 Å². The molecule has 7 nitrogen and oxygen atoms in total. The molecule has 1 saturated heterocycles. The Morgan fingerprint density at radius 2 is 1.66 bits per heavy atom. The van der Waals surface area contributed by atoms with Crippen molar-refractivity contribution in [2.24, 2.45) is 0 Å². The molecule has 1 N–H and O–H groups in total. The summed E-state index contributed by atoms with van der Waals surface area (Å²) in [5.74, 6) is -1.81. The molecule has 0 aromatic heterocycles. The van der Waals surface area contributed by atoms with E-state index in [1.165, 1.54) is 16.7 Å². The summed E-state index contributed by atoms with van der Waals surface area (Å²) >= 11 is 0. The van der Waals surface area contributed by atoms with Crippen molar-refractivity contribution >= 4 is 29.2 Å². The molecule has 1 aliphatic rings. The summed E-state index contributed by atoms with van der Waals surface area (Å²) in [5.41, 5.74) is 3.01. The SMILES string of the molecule is CC(=O)c1cccc(NC(=O)CN2CCN(Cc3cccc(C)c3)C(=O)C2=O)c1. The van der Waals surface area contributed by atoms with Crippen LogP contribution in [0.25, 0.3) is 0 Å². The number of benzene rings is 2. The number of carbonyl (C=O) groups is 4. The lowest BCUT2D eigenvalue weighted by molar-refractivity contribution is -0.157. The van der Waals surface area contributed by atoms with Crippen molar-refractivity contribution < 1.29 is 19.2 Å². The molecular weight excluding hydrogens is 370 g/mol. The molecule has 2 aromatic carbocycles. The number of amides is 3. The molecule has 150 valence electrons. The van der Waals surface area contributed by atoms with E-state index in [0.717, 1.165) is 11.1 Å². The van der Waals surface area contributed by atoms with E-state index in [-0.39, 0.29) is 18.9 Å². The molecule has 0 saturated carbocycles. The van der Waals surface area contributed by atoms with E-state index in [9.17, 15) is 19.2 Å². The third-order valence-electron chi connectivity index (χ3n) is 4.74. The van der Waals surface area contributed by atoms with Crippen molar-refractivity contribution in [3.63, 3.8) is 0 Å². The normalized spacial score (nSPS) is 14.1. The minimum atomic E-state index is -0.684. The molecule has 0 aliphatic carbocycles. The van der Waals surface area contributed by atoms with Crippen LogP contribution < -0.4 is 5.32 Å². The monoisotopic (exact) mass is 393 g/mol. The van der Waals surface area contributed by atoms with Crippen LogP contribution in [0.3, 0.4) is 0 Å². The number of hydrogen-bond donors (Lipinski definition) is 1. The van der Waals surface area contributed by atoms with Crippen molar-refractivity contribution in [3.05, 3.63) is 65.2 Å². The van der Waals surface area contributed by atoms with Crippen LogP contribution in [0.1, 0.15) is 28.4 Å². The highest BCUT2D eigenvalue weighted by atomic mass is 16.2. The first-order valence-corrected chi connectivity index (χ1v) is 9.38. The largest absolute Gasteiger partial charge is 0.328 e. The topological polar surface area (TPSA) is 86.8 Å². The fourth-order valence-electron chi connectivity index (χ4n) is 3.24. The second-order valence-corrected chi connectivity index (χ2v) is 7.13. The van der Waals surface area contributed by atoms with Crippen LogP contribution in [0.4, 0.5) is 5.69 Å². The summed E-state index contributed by atoms with van der Waals surface area (Å²) < 4.78 is 0. The maximum atomic E-state index is 12.4. The maximum Gasteiger partial charge on any atom is 0.312 e. The molecule has 2 aromatic rings. The van der Waals surface area contributed by atoms with Crippen LogP contribution in [-0.4, -0.2) is 52.9 Å². The third kappa shape index (κ3) is 5.07. The number of nitrogens with one attached hydrogen (secondary N) is 1. The van der Waals surface area contributed by atoms with E-state index in [1.807, 2.05) is 31.2 Å². The zero-order valence-corrected chi connectivity index (χ0v) is 16.5. The zero-order chi connectivity index (χ0) is 21.0. The number of anilines is 1. The number of hydrogen-bond acceptors (Lipinski definition) is 4. The van der Waals surface area contributed by atoms with Gasteiger partial charge in [0.15, 0.2) is 5.78 Å². The fraction of sp³-hybridized carbons (Fsp3) is 0.273. The molecule has 0 unspecified atom stereocenters. The molecule has 7 heteroatoms. The van der Waals surface area contributed by atoms with Crippen molar-refractivity contribution in [1.82, 2.24) is 9.80 Å². The zero-order valence-electron chi connectivity index (χ0n) is 16.5. The summed E-state index contributed by atoms with van der Waals surface area (Å²) in [6.45, 7) is 4.22. The Morgan fingerprint density at radius 3 is 2.38 bits per heavy atom. The van der Waals surface area contributed by atoms with Gasteiger partial charge in [0.25, 0.3) is 0 Å². The summed E-state index contributed by atoms with van der Waals surface area (Å²) in [5, 5.41) is 2.67. The molecule has 1 fully saturated rings. The Balaban J connectivity index is 1.58. The van der Waals surface area contributed by atoms with E-state index in [1.54, 1.807) is 24.3 Å². The number of rotatable bonds is 6. The summed E-state index contributed by atoms with van der Waals surface area (Å²) in [6.07, 6.45) is 0. The van der Waals surface area contributed by atoms with Crippen LogP contribution in [0.15, 0.2) is 48.5 Å². The predicted octanol–water partition coefficient (Wildman–Crippen LogP) is 2.01. The van der Waals surface area contributed by atoms with Crippen LogP contribution in [0.5, 0.6) is 0 Å². The quantitative estimate of drug-likeness (QED) is 0.601. The number of Topliss-reactive ketones (excluding diaryl/α,β-unsaturated/α-hetero) is 1. The summed E-state index contributed by atoms with van der Waals surface area (Å²) in [4.78, 5) is 51.4. The van der Waals surface area contributed by atoms with Gasteiger partial charge in [-0.3, -0.25) is 19.2 Å². The molecule has 1 aliphatic heterocycles. The highest BCUT2D eigenvalue weighted by Gasteiger charge is 2.33. The van der Waals surface area contributed by atoms with E-state index >= 15 is 0 Å². The third-order valence-corrected chi connectivity index (χ3v) is 4.74. The standard InChI is InChI=1S/C22H23N3O4/c1-15-5-3-6-17(11-15)13-24-9-10-25(22(29)21(24)28)14-20(27)23-19-8-4-7-18(12-19)16(2)26/h3-8,11-12H,9-10,13-14H2,1-2H3,(H,23,27). The Bertz CT molecular complexity index is 970. The molecule has 0 atom stereocenters. The van der Waals surface area contributed by atoms with Gasteiger partial charge in [-0.2, -0.15) is 0 Å². The first-order chi connectivity index (χ1) is 13.8. The molecule has 0 spiro atoms. The minimum absolute atomic E-state index is 0.105. The Labute approximate surface area is 169 Å². The highest BCUT2D eigenvalue weighted by molar-refractivity contribution is 6.35. The van der Waals surface area contributed by atoms with Crippen molar-refractivity contribution in [2.45, 2.75) is 20.4 Å². The lowest BCUT2D eigenvalue weighted by atomic mass is 10.1. The van der Waals surface area contributed by atoms with Crippen LogP contribution in [0, 0.1) is 6.92 Å². The van der Waals surface area contributed by atoms with E-state index in [0.29, 0.717) is 24.3 Å². The first kappa shape index (κ1) is 20.3. The van der Waals surface area contributed by atoms with Gasteiger partial charge in [-0.05, 0) is 31.5 Å². The number of nitrogens with zero attached hydrogens (tertiary/aromatic N) is 2. The number of piperazine rings is 1.